The van der Waals surface area contributed by atoms with Crippen molar-refractivity contribution in [2.75, 3.05) is 4.90 Å². The van der Waals surface area contributed by atoms with Gasteiger partial charge in [-0.2, -0.15) is 0 Å². The lowest BCUT2D eigenvalue weighted by molar-refractivity contribution is 0.601. The lowest BCUT2D eigenvalue weighted by atomic mass is 9.65. The second kappa shape index (κ2) is 12.4. The molecule has 0 radical (unpaired) electrons. The monoisotopic (exact) mass is 822 g/mol. The smallest absolute Gasteiger partial charge is 0.143 e. The summed E-state index contributed by atoms with van der Waals surface area (Å²) in [6.07, 6.45) is 0. The second-order valence-electron chi connectivity index (χ2n) is 18.8. The largest absolute Gasteiger partial charge is 0.455 e. The number of aromatic nitrogens is 1. The van der Waals surface area contributed by atoms with Gasteiger partial charge in [-0.15, -0.1) is 0 Å². The fourth-order valence-corrected chi connectivity index (χ4v) is 11.7. The molecule has 4 nitrogen and oxygen atoms in total. The first kappa shape index (κ1) is 35.7. The zero-order chi connectivity index (χ0) is 42.6. The van der Waals surface area contributed by atoms with Gasteiger partial charge in [0.25, 0.3) is 0 Å². The van der Waals surface area contributed by atoms with Crippen LogP contribution in [0.3, 0.4) is 0 Å². The Kier molecular flexibility index (Phi) is 6.94. The van der Waals surface area contributed by atoms with Crippen LogP contribution in [0.15, 0.2) is 191 Å². The number of hydrogen-bond donors (Lipinski definition) is 0. The van der Waals surface area contributed by atoms with Crippen molar-refractivity contribution in [2.45, 2.75) is 38.5 Å². The van der Waals surface area contributed by atoms with Crippen molar-refractivity contribution in [3.05, 3.63) is 204 Å². The number of nitrogens with zero attached hydrogens (tertiary/aromatic N) is 2. The van der Waals surface area contributed by atoms with Gasteiger partial charge in [0.1, 0.15) is 22.3 Å². The molecule has 9 aromatic carbocycles. The van der Waals surface area contributed by atoms with Gasteiger partial charge < -0.3 is 18.3 Å². The number of anilines is 3. The molecule has 0 N–H and O–H groups in total. The lowest BCUT2D eigenvalue weighted by Crippen LogP contribution is -2.38. The molecule has 2 aliphatic heterocycles. The fourth-order valence-electron chi connectivity index (χ4n) is 11.7. The van der Waals surface area contributed by atoms with Crippen molar-refractivity contribution in [3.63, 3.8) is 0 Å². The van der Waals surface area contributed by atoms with Crippen LogP contribution in [0.25, 0.3) is 93.6 Å². The molecule has 0 atom stereocenters. The first-order chi connectivity index (χ1) is 31.3. The van der Waals surface area contributed by atoms with Crippen LogP contribution >= 0.6 is 0 Å². The first-order valence-electron chi connectivity index (χ1n) is 22.3. The molecular weight excluding hydrogens is 781 g/mol. The molecule has 12 aromatic rings. The molecule has 304 valence electrons. The summed E-state index contributed by atoms with van der Waals surface area (Å²) in [6, 6.07) is 66.4. The molecule has 0 aliphatic carbocycles. The predicted molar refractivity (Wildman–Crippen MR) is 265 cm³/mol. The van der Waals surface area contributed by atoms with Crippen molar-refractivity contribution in [1.82, 2.24) is 4.57 Å². The van der Waals surface area contributed by atoms with Crippen molar-refractivity contribution >= 4 is 82.7 Å². The number of para-hydroxylation sites is 6. The summed E-state index contributed by atoms with van der Waals surface area (Å²) in [5, 5.41) is 7.08. The third kappa shape index (κ3) is 4.57. The zero-order valence-electron chi connectivity index (χ0n) is 36.0. The maximum absolute atomic E-state index is 6.65. The van der Waals surface area contributed by atoms with Crippen LogP contribution in [0.2, 0.25) is 0 Å². The Morgan fingerprint density at radius 3 is 1.53 bits per heavy atom. The first-order valence-corrected chi connectivity index (χ1v) is 22.3. The maximum Gasteiger partial charge on any atom is 0.143 e. The Labute approximate surface area is 370 Å². The molecule has 0 saturated heterocycles. The van der Waals surface area contributed by atoms with Gasteiger partial charge >= 0.3 is 0 Å². The summed E-state index contributed by atoms with van der Waals surface area (Å²) in [4.78, 5) is 2.59. The molecule has 3 aromatic heterocycles. The van der Waals surface area contributed by atoms with E-state index in [1.807, 2.05) is 12.1 Å². The summed E-state index contributed by atoms with van der Waals surface area (Å²) in [6.45, 7) is 9.73. The highest BCUT2D eigenvalue weighted by Crippen LogP contribution is 2.63. The Morgan fingerprint density at radius 1 is 0.406 bits per heavy atom. The highest BCUT2D eigenvalue weighted by molar-refractivity contribution is 6.16. The maximum atomic E-state index is 6.65. The average molecular weight is 823 g/mol. The molecule has 0 fully saturated rings. The van der Waals surface area contributed by atoms with E-state index in [1.165, 1.54) is 61.1 Å². The standard InChI is InChI=1S/C60H42N2O2/c1-59(2)46-32-35(38-21-14-23-43-41-19-9-12-26-52(41)63-57(38)43)28-30-50(46)62-51-31-29-36(39-22-15-24-44-42-20-10-13-27-53(42)64-58(39)44)33-47(51)60(3,4)54-55-45(34-48(59)56(54)62)40-18-8-11-25-49(40)61(55)37-16-6-5-7-17-37/h5-34H,1-4H3. The molecule has 0 bridgehead atoms. The minimum Gasteiger partial charge on any atom is -0.455 e. The molecule has 64 heavy (non-hydrogen) atoms. The van der Waals surface area contributed by atoms with E-state index in [4.69, 9.17) is 8.83 Å². The summed E-state index contributed by atoms with van der Waals surface area (Å²) < 4.78 is 15.8. The summed E-state index contributed by atoms with van der Waals surface area (Å²) in [5.41, 5.74) is 19.9. The molecule has 0 unspecified atom stereocenters. The van der Waals surface area contributed by atoms with Crippen molar-refractivity contribution < 1.29 is 8.83 Å². The molecule has 0 spiro atoms. The van der Waals surface area contributed by atoms with Crippen LogP contribution in [0, 0.1) is 0 Å². The van der Waals surface area contributed by atoms with Crippen molar-refractivity contribution in [3.8, 4) is 27.9 Å². The third-order valence-corrected chi connectivity index (χ3v) is 14.7. The number of benzene rings is 9. The molecule has 2 aliphatic rings. The third-order valence-electron chi connectivity index (χ3n) is 14.7. The van der Waals surface area contributed by atoms with E-state index in [-0.39, 0.29) is 5.41 Å². The summed E-state index contributed by atoms with van der Waals surface area (Å²) in [7, 11) is 0. The van der Waals surface area contributed by atoms with Crippen molar-refractivity contribution in [1.29, 1.82) is 0 Å². The Hall–Kier alpha value is -7.82. The number of furan rings is 2. The van der Waals surface area contributed by atoms with Gasteiger partial charge in [-0.1, -0.05) is 149 Å². The highest BCUT2D eigenvalue weighted by Gasteiger charge is 2.48. The van der Waals surface area contributed by atoms with Crippen LogP contribution in [-0.4, -0.2) is 4.57 Å². The van der Waals surface area contributed by atoms with E-state index in [1.54, 1.807) is 0 Å². The highest BCUT2D eigenvalue weighted by atomic mass is 16.3. The van der Waals surface area contributed by atoms with Gasteiger partial charge in [-0.25, -0.2) is 0 Å². The van der Waals surface area contributed by atoms with E-state index >= 15 is 0 Å². The van der Waals surface area contributed by atoms with Gasteiger partial charge in [0, 0.05) is 65.5 Å². The Bertz CT molecular complexity index is 3960. The van der Waals surface area contributed by atoms with E-state index in [0.717, 1.165) is 71.8 Å². The topological polar surface area (TPSA) is 34.5 Å². The minimum absolute atomic E-state index is 0.359. The quantitative estimate of drug-likeness (QED) is 0.178. The number of rotatable bonds is 3. The molecule has 0 saturated carbocycles. The lowest BCUT2D eigenvalue weighted by Gasteiger charge is -2.50. The van der Waals surface area contributed by atoms with Crippen LogP contribution in [0.1, 0.15) is 49.9 Å². The van der Waals surface area contributed by atoms with Gasteiger partial charge in [0.15, 0.2) is 0 Å². The molecular formula is C60H42N2O2. The van der Waals surface area contributed by atoms with E-state index in [2.05, 4.69) is 207 Å². The normalized spacial score (nSPS) is 14.8. The van der Waals surface area contributed by atoms with E-state index in [0.29, 0.717) is 0 Å². The van der Waals surface area contributed by atoms with Crippen LogP contribution < -0.4 is 4.90 Å². The fraction of sp³-hybridized carbons (Fsp3) is 0.100. The summed E-state index contributed by atoms with van der Waals surface area (Å²) in [5.74, 6) is 0. The molecule has 5 heterocycles. The Balaban J connectivity index is 1.08. The number of fused-ring (bicyclic) bond motifs is 14. The Morgan fingerprint density at radius 2 is 0.922 bits per heavy atom. The molecule has 0 amide bonds. The van der Waals surface area contributed by atoms with Crippen molar-refractivity contribution in [2.24, 2.45) is 0 Å². The van der Waals surface area contributed by atoms with Crippen LogP contribution in [0.5, 0.6) is 0 Å². The van der Waals surface area contributed by atoms with E-state index in [9.17, 15) is 0 Å². The minimum atomic E-state index is -0.418. The number of hydrogen-bond acceptors (Lipinski definition) is 3. The molecule has 4 heteroatoms. The van der Waals surface area contributed by atoms with Gasteiger partial charge in [0.2, 0.25) is 0 Å². The van der Waals surface area contributed by atoms with Gasteiger partial charge in [0.05, 0.1) is 28.1 Å². The average Bonchev–Trinajstić information content (AvgIpc) is 4.01. The van der Waals surface area contributed by atoms with Crippen LogP contribution in [0.4, 0.5) is 17.1 Å². The second-order valence-corrected chi connectivity index (χ2v) is 18.8. The summed E-state index contributed by atoms with van der Waals surface area (Å²) >= 11 is 0. The zero-order valence-corrected chi connectivity index (χ0v) is 36.0. The molecule has 14 rings (SSSR count). The predicted octanol–water partition coefficient (Wildman–Crippen LogP) is 16.7. The van der Waals surface area contributed by atoms with Gasteiger partial charge in [-0.3, -0.25) is 0 Å². The van der Waals surface area contributed by atoms with Crippen LogP contribution in [-0.2, 0) is 10.8 Å². The SMILES string of the molecule is CC1(C)c2cc(-c3cccc4c3oc3ccccc34)ccc2N2c3ccc(-c4cccc5c4oc4ccccc45)cc3C(C)(C)c3c2c1cc1c2ccccc2n(-c2ccccc2)c31. The van der Waals surface area contributed by atoms with Gasteiger partial charge in [-0.05, 0) is 88.5 Å². The van der Waals surface area contributed by atoms with E-state index < -0.39 is 5.41 Å².